The lowest BCUT2D eigenvalue weighted by molar-refractivity contribution is 0.0611. The summed E-state index contributed by atoms with van der Waals surface area (Å²) in [6.45, 7) is -1.04. The van der Waals surface area contributed by atoms with E-state index >= 15 is 0 Å². The zero-order valence-corrected chi connectivity index (χ0v) is 11.8. The number of nitrogen functional groups attached to an aromatic ring is 1. The van der Waals surface area contributed by atoms with E-state index < -0.39 is 37.3 Å². The number of nitrogens with zero attached hydrogens (tertiary/aromatic N) is 1. The molecule has 0 heterocycles. The third-order valence-corrected chi connectivity index (χ3v) is 4.57. The standard InChI is InChI=1S/C10H13ClF2N2O3S/c1-15(2)5-10(12,13)19(17,18)9-6(11)3-4-7(14)8(9)16/h3-4,16H,5,14H2,1-2H3. The maximum absolute atomic E-state index is 13.8. The van der Waals surface area contributed by atoms with Gasteiger partial charge in [-0.2, -0.15) is 8.78 Å². The van der Waals surface area contributed by atoms with Gasteiger partial charge in [0.05, 0.1) is 17.3 Å². The molecule has 0 saturated heterocycles. The second-order valence-electron chi connectivity index (χ2n) is 4.19. The summed E-state index contributed by atoms with van der Waals surface area (Å²) in [5.41, 5.74) is 4.96. The number of aromatic hydroxyl groups is 1. The van der Waals surface area contributed by atoms with Crippen molar-refractivity contribution in [2.24, 2.45) is 0 Å². The molecule has 1 rings (SSSR count). The third kappa shape index (κ3) is 2.90. The van der Waals surface area contributed by atoms with Gasteiger partial charge in [0.25, 0.3) is 0 Å². The number of hydrogen-bond donors (Lipinski definition) is 2. The topological polar surface area (TPSA) is 83.6 Å². The van der Waals surface area contributed by atoms with E-state index in [4.69, 9.17) is 17.3 Å². The predicted octanol–water partition coefficient (Wildman–Crippen LogP) is 1.56. The highest BCUT2D eigenvalue weighted by atomic mass is 35.5. The van der Waals surface area contributed by atoms with Gasteiger partial charge in [0, 0.05) is 0 Å². The van der Waals surface area contributed by atoms with Crippen LogP contribution in [0.3, 0.4) is 0 Å². The van der Waals surface area contributed by atoms with Crippen LogP contribution in [0.1, 0.15) is 0 Å². The normalized spacial score (nSPS) is 12.9. The SMILES string of the molecule is CN(C)CC(F)(F)S(=O)(=O)c1c(Cl)ccc(N)c1O. The molecule has 0 aliphatic rings. The van der Waals surface area contributed by atoms with Crippen LogP contribution in [0.2, 0.25) is 5.02 Å². The van der Waals surface area contributed by atoms with Crippen molar-refractivity contribution >= 4 is 27.1 Å². The van der Waals surface area contributed by atoms with Gasteiger partial charge in [-0.1, -0.05) is 11.6 Å². The van der Waals surface area contributed by atoms with Gasteiger partial charge in [-0.25, -0.2) is 8.42 Å². The monoisotopic (exact) mass is 314 g/mol. The van der Waals surface area contributed by atoms with E-state index in [0.717, 1.165) is 17.0 Å². The maximum atomic E-state index is 13.8. The zero-order chi connectivity index (χ0) is 15.0. The van der Waals surface area contributed by atoms with Gasteiger partial charge in [0.1, 0.15) is 4.90 Å². The van der Waals surface area contributed by atoms with Crippen LogP contribution in [-0.2, 0) is 9.84 Å². The molecule has 0 amide bonds. The molecule has 0 aliphatic carbocycles. The molecule has 1 aromatic rings. The number of phenolic OH excluding ortho intramolecular Hbond substituents is 1. The van der Waals surface area contributed by atoms with Crippen LogP contribution in [0.4, 0.5) is 14.5 Å². The minimum atomic E-state index is -5.15. The van der Waals surface area contributed by atoms with Crippen LogP contribution < -0.4 is 5.73 Å². The van der Waals surface area contributed by atoms with Crippen molar-refractivity contribution in [1.82, 2.24) is 4.90 Å². The Morgan fingerprint density at radius 2 is 1.95 bits per heavy atom. The van der Waals surface area contributed by atoms with Gasteiger partial charge in [-0.15, -0.1) is 0 Å². The first-order chi connectivity index (χ1) is 8.50. The number of nitrogens with two attached hydrogens (primary N) is 1. The molecule has 19 heavy (non-hydrogen) atoms. The molecular weight excluding hydrogens is 302 g/mol. The Bertz CT molecular complexity index is 591. The van der Waals surface area contributed by atoms with Crippen LogP contribution in [0, 0.1) is 0 Å². The molecule has 0 fully saturated rings. The molecule has 9 heteroatoms. The van der Waals surface area contributed by atoms with Crippen molar-refractivity contribution in [3.05, 3.63) is 17.2 Å². The largest absolute Gasteiger partial charge is 0.504 e. The number of benzene rings is 1. The van der Waals surface area contributed by atoms with E-state index in [-0.39, 0.29) is 5.69 Å². The van der Waals surface area contributed by atoms with Crippen molar-refractivity contribution in [3.8, 4) is 5.75 Å². The number of phenols is 1. The molecule has 0 atom stereocenters. The van der Waals surface area contributed by atoms with Gasteiger partial charge in [-0.05, 0) is 26.2 Å². The Morgan fingerprint density at radius 1 is 1.42 bits per heavy atom. The fourth-order valence-corrected chi connectivity index (χ4v) is 3.30. The number of rotatable bonds is 4. The fourth-order valence-electron chi connectivity index (χ4n) is 1.42. The molecule has 5 nitrogen and oxygen atoms in total. The summed E-state index contributed by atoms with van der Waals surface area (Å²) in [5, 5.41) is 4.96. The van der Waals surface area contributed by atoms with Gasteiger partial charge in [0.2, 0.25) is 9.84 Å². The molecule has 0 saturated carbocycles. The first-order valence-electron chi connectivity index (χ1n) is 5.05. The summed E-state index contributed by atoms with van der Waals surface area (Å²) < 4.78 is 51.4. The minimum absolute atomic E-state index is 0.344. The second-order valence-corrected chi connectivity index (χ2v) is 6.61. The van der Waals surface area contributed by atoms with Crippen LogP contribution in [-0.4, -0.2) is 44.3 Å². The van der Waals surface area contributed by atoms with Crippen LogP contribution in [0.15, 0.2) is 17.0 Å². The van der Waals surface area contributed by atoms with Crippen molar-refractivity contribution in [2.75, 3.05) is 26.4 Å². The first-order valence-corrected chi connectivity index (χ1v) is 6.91. The molecule has 1 aromatic carbocycles. The summed E-state index contributed by atoms with van der Waals surface area (Å²) in [4.78, 5) is -0.0459. The van der Waals surface area contributed by atoms with Gasteiger partial charge in [-0.3, -0.25) is 0 Å². The predicted molar refractivity (Wildman–Crippen MR) is 68.2 cm³/mol. The number of sulfone groups is 1. The lowest BCUT2D eigenvalue weighted by Crippen LogP contribution is -2.39. The lowest BCUT2D eigenvalue weighted by Gasteiger charge is -2.22. The molecule has 108 valence electrons. The number of anilines is 1. The maximum Gasteiger partial charge on any atom is 0.362 e. The first kappa shape index (κ1) is 15.9. The average molecular weight is 315 g/mol. The molecule has 0 aliphatic heterocycles. The molecule has 0 aromatic heterocycles. The van der Waals surface area contributed by atoms with Crippen LogP contribution in [0.25, 0.3) is 0 Å². The van der Waals surface area contributed by atoms with Crippen LogP contribution >= 0.6 is 11.6 Å². The molecule has 0 unspecified atom stereocenters. The quantitative estimate of drug-likeness (QED) is 0.651. The average Bonchev–Trinajstić information content (AvgIpc) is 2.21. The Morgan fingerprint density at radius 3 is 2.42 bits per heavy atom. The molecule has 0 radical (unpaired) electrons. The number of hydrogen-bond acceptors (Lipinski definition) is 5. The van der Waals surface area contributed by atoms with Crippen molar-refractivity contribution in [1.29, 1.82) is 0 Å². The van der Waals surface area contributed by atoms with Gasteiger partial charge < -0.3 is 15.7 Å². The zero-order valence-electron chi connectivity index (χ0n) is 10.2. The molecular formula is C10H13ClF2N2O3S. The summed E-state index contributed by atoms with van der Waals surface area (Å²) in [5.74, 6) is -0.967. The fraction of sp³-hybridized carbons (Fsp3) is 0.400. The highest BCUT2D eigenvalue weighted by Gasteiger charge is 2.48. The Balaban J connectivity index is 3.48. The van der Waals surface area contributed by atoms with Crippen LogP contribution in [0.5, 0.6) is 5.75 Å². The van der Waals surface area contributed by atoms with E-state index in [1.165, 1.54) is 14.1 Å². The summed E-state index contributed by atoms with van der Waals surface area (Å²) in [6, 6.07) is 2.16. The van der Waals surface area contributed by atoms with E-state index in [1.807, 2.05) is 0 Å². The summed E-state index contributed by atoms with van der Waals surface area (Å²) in [6.07, 6.45) is 0. The smallest absolute Gasteiger partial charge is 0.362 e. The van der Waals surface area contributed by atoms with Gasteiger partial charge in [0.15, 0.2) is 5.75 Å². The highest BCUT2D eigenvalue weighted by molar-refractivity contribution is 7.92. The van der Waals surface area contributed by atoms with E-state index in [9.17, 15) is 22.3 Å². The highest BCUT2D eigenvalue weighted by Crippen LogP contribution is 2.41. The van der Waals surface area contributed by atoms with Crippen molar-refractivity contribution in [2.45, 2.75) is 10.2 Å². The lowest BCUT2D eigenvalue weighted by atomic mass is 10.3. The van der Waals surface area contributed by atoms with Crippen molar-refractivity contribution in [3.63, 3.8) is 0 Å². The summed E-state index contributed by atoms with van der Waals surface area (Å²) in [7, 11) is -2.56. The molecule has 3 N–H and O–H groups in total. The Hall–Kier alpha value is -1.12. The van der Waals surface area contributed by atoms with Crippen molar-refractivity contribution < 1.29 is 22.3 Å². The van der Waals surface area contributed by atoms with E-state index in [0.29, 0.717) is 0 Å². The second kappa shape index (κ2) is 5.10. The minimum Gasteiger partial charge on any atom is -0.504 e. The summed E-state index contributed by atoms with van der Waals surface area (Å²) >= 11 is 5.59. The van der Waals surface area contributed by atoms with Gasteiger partial charge >= 0.3 is 5.25 Å². The molecule has 0 spiro atoms. The Kier molecular flexibility index (Phi) is 4.28. The van der Waals surface area contributed by atoms with E-state index in [1.54, 1.807) is 0 Å². The van der Waals surface area contributed by atoms with E-state index in [2.05, 4.69) is 0 Å². The molecule has 0 bridgehead atoms. The number of halogens is 3. The third-order valence-electron chi connectivity index (χ3n) is 2.28. The Labute approximate surface area is 114 Å². The number of alkyl halides is 2.